The monoisotopic (exact) mass is 471 g/mol. The summed E-state index contributed by atoms with van der Waals surface area (Å²) >= 11 is 0. The maximum Gasteiger partial charge on any atom is 0.325 e. The highest BCUT2D eigenvalue weighted by Crippen LogP contribution is 2.44. The fraction of sp³-hybridized carbons (Fsp3) is 0.0333. The molecular formula is C30H23N4O2+. The lowest BCUT2D eigenvalue weighted by Crippen LogP contribution is -2.43. The number of amides is 1. The molecule has 6 aromatic rings. The van der Waals surface area contributed by atoms with Crippen LogP contribution in [0.15, 0.2) is 120 Å². The molecule has 0 spiro atoms. The van der Waals surface area contributed by atoms with Gasteiger partial charge in [-0.25, -0.2) is 9.78 Å². The number of quaternary nitrogens is 1. The summed E-state index contributed by atoms with van der Waals surface area (Å²) in [6, 6.07) is 35.4. The molecule has 0 fully saturated rings. The molecule has 2 heterocycles. The van der Waals surface area contributed by atoms with Crippen LogP contribution in [-0.4, -0.2) is 21.1 Å². The van der Waals surface area contributed by atoms with Crippen molar-refractivity contribution in [2.45, 2.75) is 6.92 Å². The van der Waals surface area contributed by atoms with Crippen molar-refractivity contribution in [3.63, 3.8) is 0 Å². The molecular weight excluding hydrogens is 448 g/mol. The van der Waals surface area contributed by atoms with Crippen molar-refractivity contribution < 1.29 is 9.21 Å². The maximum atomic E-state index is 13.4. The zero-order valence-corrected chi connectivity index (χ0v) is 19.6. The number of nitrogens with one attached hydrogen (secondary N) is 1. The number of benzene rings is 4. The minimum absolute atomic E-state index is 0.00569. The molecule has 1 N–H and O–H groups in total. The number of nitrogens with zero attached hydrogens (tertiary/aromatic N) is 3. The molecule has 0 aliphatic carbocycles. The Morgan fingerprint density at radius 2 is 1.33 bits per heavy atom. The van der Waals surface area contributed by atoms with E-state index in [2.05, 4.69) is 15.2 Å². The average molecular weight is 472 g/mol. The van der Waals surface area contributed by atoms with Gasteiger partial charge in [-0.3, -0.25) is 5.10 Å². The minimum atomic E-state index is -0.0249. The fourth-order valence-electron chi connectivity index (χ4n) is 4.80. The van der Waals surface area contributed by atoms with Crippen molar-refractivity contribution in [1.82, 2.24) is 19.7 Å². The lowest BCUT2D eigenvalue weighted by Gasteiger charge is -2.33. The van der Waals surface area contributed by atoms with E-state index in [1.54, 1.807) is 13.1 Å². The van der Waals surface area contributed by atoms with E-state index in [-0.39, 0.29) is 10.4 Å². The fourth-order valence-corrected chi connectivity index (χ4v) is 4.80. The Balaban J connectivity index is 1.47. The first-order valence-electron chi connectivity index (χ1n) is 11.7. The number of H-pyrrole nitrogens is 1. The predicted octanol–water partition coefficient (Wildman–Crippen LogP) is 7.40. The molecule has 0 aliphatic rings. The van der Waals surface area contributed by atoms with Crippen molar-refractivity contribution in [2.75, 3.05) is 0 Å². The van der Waals surface area contributed by atoms with Gasteiger partial charge in [0.1, 0.15) is 5.52 Å². The van der Waals surface area contributed by atoms with Crippen molar-refractivity contribution in [2.24, 2.45) is 0 Å². The normalized spacial score (nSPS) is 11.6. The van der Waals surface area contributed by atoms with E-state index < -0.39 is 0 Å². The molecule has 6 nitrogen and oxygen atoms in total. The number of aromatic amines is 1. The molecule has 1 amide bonds. The molecule has 4 aromatic carbocycles. The molecule has 0 unspecified atom stereocenters. The van der Waals surface area contributed by atoms with E-state index in [1.165, 1.54) is 0 Å². The topological polar surface area (TPSA) is 71.8 Å². The minimum Gasteiger partial charge on any atom is -0.436 e. The zero-order valence-electron chi connectivity index (χ0n) is 19.6. The number of hydrogen-bond donors (Lipinski definition) is 1. The first-order chi connectivity index (χ1) is 17.7. The lowest BCUT2D eigenvalue weighted by molar-refractivity contribution is -0.123. The van der Waals surface area contributed by atoms with Crippen LogP contribution >= 0.6 is 0 Å². The summed E-state index contributed by atoms with van der Waals surface area (Å²) < 4.78 is 5.96. The highest BCUT2D eigenvalue weighted by atomic mass is 16.3. The molecule has 0 atom stereocenters. The van der Waals surface area contributed by atoms with Gasteiger partial charge >= 0.3 is 5.91 Å². The molecule has 0 saturated heterocycles. The number of fused-ring (bicyclic) bond motifs is 1. The van der Waals surface area contributed by atoms with Crippen LogP contribution in [0.25, 0.3) is 33.8 Å². The first-order valence-corrected chi connectivity index (χ1v) is 11.7. The van der Waals surface area contributed by atoms with Gasteiger partial charge in [-0.15, -0.1) is 0 Å². The molecule has 6 heteroatoms. The molecule has 6 rings (SSSR count). The second kappa shape index (κ2) is 8.76. The summed E-state index contributed by atoms with van der Waals surface area (Å²) in [5.74, 6) is 0.500. The van der Waals surface area contributed by atoms with Gasteiger partial charge in [0, 0.05) is 42.0 Å². The smallest absolute Gasteiger partial charge is 0.325 e. The van der Waals surface area contributed by atoms with Gasteiger partial charge in [0.15, 0.2) is 22.6 Å². The predicted molar refractivity (Wildman–Crippen MR) is 142 cm³/mol. The number of para-hydroxylation sites is 4. The van der Waals surface area contributed by atoms with Crippen molar-refractivity contribution in [3.8, 4) is 22.7 Å². The Bertz CT molecular complexity index is 1580. The Kier molecular flexibility index (Phi) is 5.28. The summed E-state index contributed by atoms with van der Waals surface area (Å²) in [4.78, 5) is 18.1. The molecule has 2 aromatic heterocycles. The van der Waals surface area contributed by atoms with Crippen molar-refractivity contribution >= 4 is 34.1 Å². The second-order valence-electron chi connectivity index (χ2n) is 8.55. The summed E-state index contributed by atoms with van der Waals surface area (Å²) in [6.07, 6.45) is 1.72. The van der Waals surface area contributed by atoms with Gasteiger partial charge in [-0.05, 0) is 24.3 Å². The van der Waals surface area contributed by atoms with Crippen LogP contribution in [0.3, 0.4) is 0 Å². The van der Waals surface area contributed by atoms with Crippen LogP contribution in [0.5, 0.6) is 0 Å². The third-order valence-electron chi connectivity index (χ3n) is 6.47. The SMILES string of the molecule is CC(=O)[N+](c1ccccc1)(c1ccccc1)c1ccc(-c2[nH]ncc2-c2nc3ccccc3o2)cc1. The zero-order chi connectivity index (χ0) is 24.5. The van der Waals surface area contributed by atoms with Crippen LogP contribution in [0.4, 0.5) is 17.1 Å². The molecule has 174 valence electrons. The quantitative estimate of drug-likeness (QED) is 0.266. The van der Waals surface area contributed by atoms with E-state index in [0.29, 0.717) is 5.89 Å². The number of carbonyl (C=O) groups excluding carboxylic acids is 1. The Labute approximate surface area is 208 Å². The van der Waals surface area contributed by atoms with E-state index in [4.69, 9.17) is 4.42 Å². The lowest BCUT2D eigenvalue weighted by atomic mass is 10.0. The van der Waals surface area contributed by atoms with Crippen LogP contribution in [-0.2, 0) is 4.79 Å². The van der Waals surface area contributed by atoms with E-state index >= 15 is 0 Å². The highest BCUT2D eigenvalue weighted by Gasteiger charge is 2.41. The number of rotatable bonds is 5. The van der Waals surface area contributed by atoms with E-state index in [1.807, 2.05) is 109 Å². The van der Waals surface area contributed by atoms with Crippen LogP contribution in [0, 0.1) is 0 Å². The molecule has 0 bridgehead atoms. The van der Waals surface area contributed by atoms with E-state index in [0.717, 1.165) is 45.0 Å². The number of oxazole rings is 1. The van der Waals surface area contributed by atoms with Crippen LogP contribution in [0.2, 0.25) is 0 Å². The number of aromatic nitrogens is 3. The number of carbonyl (C=O) groups is 1. The van der Waals surface area contributed by atoms with Crippen LogP contribution in [0.1, 0.15) is 6.92 Å². The van der Waals surface area contributed by atoms with Crippen molar-refractivity contribution in [3.05, 3.63) is 115 Å². The van der Waals surface area contributed by atoms with Gasteiger partial charge < -0.3 is 4.42 Å². The Hall–Kier alpha value is -4.81. The van der Waals surface area contributed by atoms with Gasteiger partial charge in [0.05, 0.1) is 24.4 Å². The highest BCUT2D eigenvalue weighted by molar-refractivity contribution is 6.00. The Morgan fingerprint density at radius 1 is 0.750 bits per heavy atom. The van der Waals surface area contributed by atoms with Crippen LogP contribution < -0.4 is 4.48 Å². The molecule has 0 radical (unpaired) electrons. The van der Waals surface area contributed by atoms with Gasteiger partial charge in [0.2, 0.25) is 5.89 Å². The van der Waals surface area contributed by atoms with Gasteiger partial charge in [-0.2, -0.15) is 9.58 Å². The summed E-state index contributed by atoms with van der Waals surface area (Å²) in [5.41, 5.74) is 6.59. The first kappa shape index (κ1) is 21.7. The van der Waals surface area contributed by atoms with Crippen molar-refractivity contribution in [1.29, 1.82) is 0 Å². The summed E-state index contributed by atoms with van der Waals surface area (Å²) in [5, 5.41) is 7.34. The van der Waals surface area contributed by atoms with Gasteiger partial charge in [-0.1, -0.05) is 48.5 Å². The third kappa shape index (κ3) is 3.43. The molecule has 0 aliphatic heterocycles. The largest absolute Gasteiger partial charge is 0.436 e. The average Bonchev–Trinajstić information content (AvgIpc) is 3.58. The standard InChI is InChI=1S/C30H23N4O2/c1-21(35)34(23-10-4-2-5-11-23,24-12-6-3-7-13-24)25-18-16-22(17-19-25)29-26(20-31-33-29)30-32-27-14-8-9-15-28(27)36-30/h2-20H,1H3,(H,31,33)/q+1. The maximum absolute atomic E-state index is 13.4. The summed E-state index contributed by atoms with van der Waals surface area (Å²) in [7, 11) is 0. The summed E-state index contributed by atoms with van der Waals surface area (Å²) in [6.45, 7) is 1.63. The van der Waals surface area contributed by atoms with E-state index in [9.17, 15) is 4.79 Å². The Morgan fingerprint density at radius 3 is 1.94 bits per heavy atom. The third-order valence-corrected chi connectivity index (χ3v) is 6.47. The van der Waals surface area contributed by atoms with Gasteiger partial charge in [0.25, 0.3) is 0 Å². The molecule has 0 saturated carbocycles. The molecule has 36 heavy (non-hydrogen) atoms. The number of hydrogen-bond acceptors (Lipinski definition) is 4. The second-order valence-corrected chi connectivity index (χ2v) is 8.55.